The van der Waals surface area contributed by atoms with Gasteiger partial charge in [0.15, 0.2) is 0 Å². The van der Waals surface area contributed by atoms with Gasteiger partial charge in [0.05, 0.1) is 11.6 Å². The molecule has 0 bridgehead atoms. The van der Waals surface area contributed by atoms with Crippen LogP contribution in [0.25, 0.3) is 11.4 Å². The third-order valence-electron chi connectivity index (χ3n) is 4.14. The zero-order valence-electron chi connectivity index (χ0n) is 14.5. The van der Waals surface area contributed by atoms with E-state index < -0.39 is 0 Å². The van der Waals surface area contributed by atoms with Gasteiger partial charge in [-0.25, -0.2) is 4.98 Å². The van der Waals surface area contributed by atoms with Crippen LogP contribution in [0.3, 0.4) is 0 Å². The number of aryl methyl sites for hydroxylation is 1. The lowest BCUT2D eigenvalue weighted by atomic mass is 9.96. The molecule has 5 N–H and O–H groups in total. The van der Waals surface area contributed by atoms with Crippen molar-refractivity contribution in [1.82, 2.24) is 24.9 Å². The number of unbranched alkanes of at least 4 members (excludes halogenated alkanes) is 1. The number of nitrogens with two attached hydrogens (primary N) is 2. The van der Waals surface area contributed by atoms with Crippen molar-refractivity contribution in [2.24, 2.45) is 0 Å². The molecule has 7 heteroatoms. The molecule has 0 spiro atoms. The van der Waals surface area contributed by atoms with Gasteiger partial charge in [0, 0.05) is 11.3 Å². The van der Waals surface area contributed by atoms with Gasteiger partial charge in [-0.2, -0.15) is 15.0 Å². The maximum atomic E-state index is 5.77. The van der Waals surface area contributed by atoms with Crippen LogP contribution in [0.1, 0.15) is 49.3 Å². The summed E-state index contributed by atoms with van der Waals surface area (Å²) in [6, 6.07) is 10.0. The van der Waals surface area contributed by atoms with E-state index >= 15 is 0 Å². The lowest BCUT2D eigenvalue weighted by Crippen LogP contribution is -2.13. The lowest BCUT2D eigenvalue weighted by molar-refractivity contribution is 0.609. The number of aromatic amines is 1. The van der Waals surface area contributed by atoms with Crippen molar-refractivity contribution in [2.75, 3.05) is 11.5 Å². The van der Waals surface area contributed by atoms with Crippen LogP contribution in [0, 0.1) is 6.92 Å². The number of anilines is 2. The summed E-state index contributed by atoms with van der Waals surface area (Å²) in [5, 5.41) is 0. The van der Waals surface area contributed by atoms with Crippen molar-refractivity contribution in [3.05, 3.63) is 47.5 Å². The molecule has 0 amide bonds. The van der Waals surface area contributed by atoms with Crippen LogP contribution in [0.15, 0.2) is 30.3 Å². The average Bonchev–Trinajstić information content (AvgIpc) is 2.97. The highest BCUT2D eigenvalue weighted by molar-refractivity contribution is 5.56. The summed E-state index contributed by atoms with van der Waals surface area (Å²) in [6.07, 6.45) is 2.98. The van der Waals surface area contributed by atoms with E-state index in [0.717, 1.165) is 42.0 Å². The molecule has 0 aliphatic carbocycles. The molecule has 130 valence electrons. The highest BCUT2D eigenvalue weighted by Crippen LogP contribution is 2.31. The number of imidazole rings is 1. The van der Waals surface area contributed by atoms with Crippen LogP contribution < -0.4 is 11.5 Å². The Morgan fingerprint density at radius 2 is 1.68 bits per heavy atom. The fraction of sp³-hybridized carbons (Fsp3) is 0.333. The van der Waals surface area contributed by atoms with Crippen molar-refractivity contribution >= 4 is 11.9 Å². The topological polar surface area (TPSA) is 119 Å². The molecule has 2 heterocycles. The zero-order chi connectivity index (χ0) is 17.8. The summed E-state index contributed by atoms with van der Waals surface area (Å²) in [5.41, 5.74) is 14.5. The third kappa shape index (κ3) is 3.76. The van der Waals surface area contributed by atoms with E-state index in [1.54, 1.807) is 0 Å². The Hall–Kier alpha value is -2.96. The normalized spacial score (nSPS) is 12.2. The molecule has 0 fully saturated rings. The van der Waals surface area contributed by atoms with Crippen molar-refractivity contribution in [1.29, 1.82) is 0 Å². The first-order valence-electron chi connectivity index (χ1n) is 8.47. The Morgan fingerprint density at radius 1 is 1.00 bits per heavy atom. The van der Waals surface area contributed by atoms with Gasteiger partial charge in [-0.05, 0) is 13.3 Å². The van der Waals surface area contributed by atoms with E-state index in [9.17, 15) is 0 Å². The van der Waals surface area contributed by atoms with Crippen molar-refractivity contribution < 1.29 is 0 Å². The smallest absolute Gasteiger partial charge is 0.225 e. The average molecular weight is 337 g/mol. The van der Waals surface area contributed by atoms with Crippen molar-refractivity contribution in [3.8, 4) is 11.4 Å². The minimum Gasteiger partial charge on any atom is -0.368 e. The Morgan fingerprint density at radius 3 is 2.32 bits per heavy atom. The predicted octanol–water partition coefficient (Wildman–Crippen LogP) is 3.06. The Balaban J connectivity index is 2.03. The maximum absolute atomic E-state index is 5.77. The Kier molecular flexibility index (Phi) is 4.92. The molecule has 0 radical (unpaired) electrons. The molecule has 1 aromatic carbocycles. The molecule has 3 aromatic rings. The van der Waals surface area contributed by atoms with E-state index in [-0.39, 0.29) is 17.8 Å². The summed E-state index contributed by atoms with van der Waals surface area (Å²) in [6.45, 7) is 4.17. The van der Waals surface area contributed by atoms with Gasteiger partial charge in [-0.1, -0.05) is 50.1 Å². The van der Waals surface area contributed by atoms with Crippen molar-refractivity contribution in [3.63, 3.8) is 0 Å². The predicted molar refractivity (Wildman–Crippen MR) is 98.8 cm³/mol. The molecule has 0 saturated heterocycles. The number of aromatic nitrogens is 5. The fourth-order valence-electron chi connectivity index (χ4n) is 2.93. The highest BCUT2D eigenvalue weighted by atomic mass is 15.1. The van der Waals surface area contributed by atoms with Crippen molar-refractivity contribution in [2.45, 2.75) is 39.0 Å². The molecule has 7 nitrogen and oxygen atoms in total. The zero-order valence-corrected chi connectivity index (χ0v) is 14.5. The standard InChI is InChI=1S/C18H23N7/c1-3-4-10-13(16-23-17(19)25-18(20)24-16)14-11(2)21-15(22-14)12-8-6-5-7-9-12/h5-9,13H,3-4,10H2,1-2H3,(H,21,22)(H4,19,20,23,24,25). The van der Waals surface area contributed by atoms with E-state index in [2.05, 4.69) is 26.9 Å². The van der Waals surface area contributed by atoms with Gasteiger partial charge in [0.1, 0.15) is 11.6 Å². The number of nitrogen functional groups attached to an aromatic ring is 2. The lowest BCUT2D eigenvalue weighted by Gasteiger charge is -2.14. The largest absolute Gasteiger partial charge is 0.368 e. The molecule has 25 heavy (non-hydrogen) atoms. The number of rotatable bonds is 6. The van der Waals surface area contributed by atoms with Gasteiger partial charge in [-0.3, -0.25) is 0 Å². The van der Waals surface area contributed by atoms with Gasteiger partial charge in [-0.15, -0.1) is 0 Å². The minimum atomic E-state index is -0.0683. The second-order valence-electron chi connectivity index (χ2n) is 6.07. The molecule has 3 rings (SSSR count). The van der Waals surface area contributed by atoms with Crippen LogP contribution in [0.2, 0.25) is 0 Å². The number of nitrogens with zero attached hydrogens (tertiary/aromatic N) is 4. The minimum absolute atomic E-state index is 0.0683. The Labute approximate surface area is 147 Å². The van der Waals surface area contributed by atoms with Gasteiger partial charge >= 0.3 is 0 Å². The summed E-state index contributed by atoms with van der Waals surface area (Å²) >= 11 is 0. The molecular weight excluding hydrogens is 314 g/mol. The number of nitrogens with one attached hydrogen (secondary N) is 1. The van der Waals surface area contributed by atoms with E-state index in [0.29, 0.717) is 5.82 Å². The molecule has 1 atom stereocenters. The van der Waals surface area contributed by atoms with Crippen LogP contribution in [0.4, 0.5) is 11.9 Å². The Bertz CT molecular complexity index is 822. The number of H-pyrrole nitrogens is 1. The fourth-order valence-corrected chi connectivity index (χ4v) is 2.93. The van der Waals surface area contributed by atoms with Gasteiger partial charge in [0.2, 0.25) is 11.9 Å². The third-order valence-corrected chi connectivity index (χ3v) is 4.14. The van der Waals surface area contributed by atoms with Crippen LogP contribution in [0.5, 0.6) is 0 Å². The van der Waals surface area contributed by atoms with Crippen LogP contribution >= 0.6 is 0 Å². The quantitative estimate of drug-likeness (QED) is 0.636. The van der Waals surface area contributed by atoms with Gasteiger partial charge in [0.25, 0.3) is 0 Å². The number of hydrogen-bond acceptors (Lipinski definition) is 6. The monoisotopic (exact) mass is 337 g/mol. The number of benzene rings is 1. The SMILES string of the molecule is CCCCC(c1nc(N)nc(N)n1)c1nc(-c2ccccc2)[nH]c1C. The van der Waals surface area contributed by atoms with E-state index in [1.807, 2.05) is 37.3 Å². The summed E-state index contributed by atoms with van der Waals surface area (Å²) in [5.74, 6) is 1.62. The molecule has 0 saturated carbocycles. The maximum Gasteiger partial charge on any atom is 0.225 e. The molecule has 0 aliphatic rings. The summed E-state index contributed by atoms with van der Waals surface area (Å²) in [4.78, 5) is 20.7. The summed E-state index contributed by atoms with van der Waals surface area (Å²) < 4.78 is 0. The second kappa shape index (κ2) is 7.29. The molecule has 1 unspecified atom stereocenters. The second-order valence-corrected chi connectivity index (χ2v) is 6.07. The first-order valence-corrected chi connectivity index (χ1v) is 8.47. The van der Waals surface area contributed by atoms with E-state index in [1.165, 1.54) is 0 Å². The number of hydrogen-bond donors (Lipinski definition) is 3. The van der Waals surface area contributed by atoms with Gasteiger partial charge < -0.3 is 16.5 Å². The summed E-state index contributed by atoms with van der Waals surface area (Å²) in [7, 11) is 0. The molecular formula is C18H23N7. The highest BCUT2D eigenvalue weighted by Gasteiger charge is 2.24. The first-order chi connectivity index (χ1) is 12.1. The van der Waals surface area contributed by atoms with E-state index in [4.69, 9.17) is 16.5 Å². The first kappa shape index (κ1) is 16.9. The molecule has 2 aromatic heterocycles. The van der Waals surface area contributed by atoms with Crippen LogP contribution in [-0.2, 0) is 0 Å². The molecule has 0 aliphatic heterocycles. The van der Waals surface area contributed by atoms with Crippen LogP contribution in [-0.4, -0.2) is 24.9 Å².